The molecule has 1 rings (SSSR count). The molecule has 1 aliphatic rings. The van der Waals surface area contributed by atoms with Gasteiger partial charge in [-0.1, -0.05) is 6.92 Å². The fourth-order valence-electron chi connectivity index (χ4n) is 1.64. The van der Waals surface area contributed by atoms with E-state index in [-0.39, 0.29) is 5.75 Å². The van der Waals surface area contributed by atoms with Crippen LogP contribution in [-0.2, 0) is 14.8 Å². The van der Waals surface area contributed by atoms with Gasteiger partial charge in [0.05, 0.1) is 18.0 Å². The standard InChI is InChI=1S/C9H20N2O3S/c1-3-6-15(12,13)11-4-5-14-9(2,7-10)8-11/h3-8,10H2,1-2H3. The van der Waals surface area contributed by atoms with Crippen LogP contribution in [0.5, 0.6) is 0 Å². The Balaban J connectivity index is 2.72. The smallest absolute Gasteiger partial charge is 0.214 e. The molecule has 1 unspecified atom stereocenters. The van der Waals surface area contributed by atoms with Crippen LogP contribution in [0.2, 0.25) is 0 Å². The zero-order chi connectivity index (χ0) is 11.5. The molecule has 0 aromatic carbocycles. The highest BCUT2D eigenvalue weighted by Gasteiger charge is 2.35. The van der Waals surface area contributed by atoms with Crippen LogP contribution in [0.3, 0.4) is 0 Å². The van der Waals surface area contributed by atoms with Crippen molar-refractivity contribution in [1.82, 2.24) is 4.31 Å². The highest BCUT2D eigenvalue weighted by Crippen LogP contribution is 2.19. The first-order valence-corrected chi connectivity index (χ1v) is 6.86. The van der Waals surface area contributed by atoms with Gasteiger partial charge in [-0.25, -0.2) is 8.42 Å². The second-order valence-electron chi connectivity index (χ2n) is 4.15. The van der Waals surface area contributed by atoms with Gasteiger partial charge in [-0.15, -0.1) is 0 Å². The van der Waals surface area contributed by atoms with Crippen molar-refractivity contribution in [3.8, 4) is 0 Å². The summed E-state index contributed by atoms with van der Waals surface area (Å²) in [6.45, 7) is 5.28. The van der Waals surface area contributed by atoms with Crippen LogP contribution < -0.4 is 5.73 Å². The van der Waals surface area contributed by atoms with Gasteiger partial charge in [-0.3, -0.25) is 0 Å². The molecule has 0 amide bonds. The van der Waals surface area contributed by atoms with Gasteiger partial charge >= 0.3 is 0 Å². The van der Waals surface area contributed by atoms with Gasteiger partial charge < -0.3 is 10.5 Å². The Morgan fingerprint density at radius 1 is 1.53 bits per heavy atom. The summed E-state index contributed by atoms with van der Waals surface area (Å²) >= 11 is 0. The third kappa shape index (κ3) is 3.14. The van der Waals surface area contributed by atoms with Crippen LogP contribution >= 0.6 is 0 Å². The van der Waals surface area contributed by atoms with Gasteiger partial charge in [0.15, 0.2) is 0 Å². The molecule has 5 nitrogen and oxygen atoms in total. The van der Waals surface area contributed by atoms with E-state index in [1.807, 2.05) is 13.8 Å². The lowest BCUT2D eigenvalue weighted by atomic mass is 10.1. The van der Waals surface area contributed by atoms with Crippen molar-refractivity contribution in [3.63, 3.8) is 0 Å². The van der Waals surface area contributed by atoms with E-state index in [0.717, 1.165) is 0 Å². The molecule has 90 valence electrons. The third-order valence-corrected chi connectivity index (χ3v) is 4.61. The molecule has 15 heavy (non-hydrogen) atoms. The molecule has 0 aliphatic carbocycles. The molecule has 1 heterocycles. The first-order valence-electron chi connectivity index (χ1n) is 5.25. The Hall–Kier alpha value is -0.170. The van der Waals surface area contributed by atoms with E-state index in [1.54, 1.807) is 0 Å². The zero-order valence-corrected chi connectivity index (χ0v) is 10.2. The number of sulfonamides is 1. The second-order valence-corrected chi connectivity index (χ2v) is 6.24. The van der Waals surface area contributed by atoms with Gasteiger partial charge in [0, 0.05) is 19.6 Å². The SMILES string of the molecule is CCCS(=O)(=O)N1CCOC(C)(CN)C1. The monoisotopic (exact) mass is 236 g/mol. The van der Waals surface area contributed by atoms with Crippen LogP contribution in [0, 0.1) is 0 Å². The quantitative estimate of drug-likeness (QED) is 0.732. The van der Waals surface area contributed by atoms with Crippen molar-refractivity contribution in [2.24, 2.45) is 5.73 Å². The molecule has 0 aromatic rings. The Bertz CT molecular complexity index is 304. The number of rotatable bonds is 4. The number of ether oxygens (including phenoxy) is 1. The molecule has 0 saturated carbocycles. The summed E-state index contributed by atoms with van der Waals surface area (Å²) < 4.78 is 30.6. The van der Waals surface area contributed by atoms with Gasteiger partial charge in [0.25, 0.3) is 0 Å². The Labute approximate surface area is 91.6 Å². The minimum Gasteiger partial charge on any atom is -0.371 e. The van der Waals surface area contributed by atoms with Crippen molar-refractivity contribution >= 4 is 10.0 Å². The summed E-state index contributed by atoms with van der Waals surface area (Å²) in [4.78, 5) is 0. The molecule has 0 bridgehead atoms. The van der Waals surface area contributed by atoms with E-state index in [1.165, 1.54) is 4.31 Å². The summed E-state index contributed by atoms with van der Waals surface area (Å²) in [5, 5.41) is 0. The highest BCUT2D eigenvalue weighted by molar-refractivity contribution is 7.89. The molecule has 2 N–H and O–H groups in total. The lowest BCUT2D eigenvalue weighted by Gasteiger charge is -2.38. The molecular weight excluding hydrogens is 216 g/mol. The zero-order valence-electron chi connectivity index (χ0n) is 9.40. The summed E-state index contributed by atoms with van der Waals surface area (Å²) in [7, 11) is -3.12. The molecule has 1 aliphatic heterocycles. The van der Waals surface area contributed by atoms with Crippen molar-refractivity contribution in [2.75, 3.05) is 32.0 Å². The Kier molecular flexibility index (Phi) is 4.11. The molecule has 1 saturated heterocycles. The number of morpholine rings is 1. The largest absolute Gasteiger partial charge is 0.371 e. The van der Waals surface area contributed by atoms with Gasteiger partial charge in [-0.2, -0.15) is 4.31 Å². The molecular formula is C9H20N2O3S. The lowest BCUT2D eigenvalue weighted by molar-refractivity contribution is -0.0701. The maximum absolute atomic E-state index is 11.8. The van der Waals surface area contributed by atoms with Crippen molar-refractivity contribution in [3.05, 3.63) is 0 Å². The fourth-order valence-corrected chi connectivity index (χ4v) is 3.24. The van der Waals surface area contributed by atoms with Gasteiger partial charge in [-0.05, 0) is 13.3 Å². The predicted molar refractivity (Wildman–Crippen MR) is 59.1 cm³/mol. The van der Waals surface area contributed by atoms with Gasteiger partial charge in [0.1, 0.15) is 0 Å². The summed E-state index contributed by atoms with van der Waals surface area (Å²) in [5.74, 6) is 0.202. The average molecular weight is 236 g/mol. The molecule has 1 atom stereocenters. The fraction of sp³-hybridized carbons (Fsp3) is 1.00. The topological polar surface area (TPSA) is 72.6 Å². The van der Waals surface area contributed by atoms with Crippen LogP contribution in [0.1, 0.15) is 20.3 Å². The average Bonchev–Trinajstić information content (AvgIpc) is 2.18. The van der Waals surface area contributed by atoms with E-state index in [4.69, 9.17) is 10.5 Å². The van der Waals surface area contributed by atoms with Crippen LogP contribution in [-0.4, -0.2) is 50.3 Å². The van der Waals surface area contributed by atoms with E-state index in [0.29, 0.717) is 32.7 Å². The van der Waals surface area contributed by atoms with E-state index >= 15 is 0 Å². The summed E-state index contributed by atoms with van der Waals surface area (Å²) in [5.41, 5.74) is 5.04. The second kappa shape index (κ2) is 4.78. The number of nitrogens with zero attached hydrogens (tertiary/aromatic N) is 1. The van der Waals surface area contributed by atoms with Crippen LogP contribution in [0.15, 0.2) is 0 Å². The molecule has 0 aromatic heterocycles. The summed E-state index contributed by atoms with van der Waals surface area (Å²) in [6.07, 6.45) is 0.638. The Morgan fingerprint density at radius 2 is 2.20 bits per heavy atom. The predicted octanol–water partition coefficient (Wildman–Crippen LogP) is -0.224. The minimum absolute atomic E-state index is 0.202. The molecule has 1 fully saturated rings. The highest BCUT2D eigenvalue weighted by atomic mass is 32.2. The van der Waals surface area contributed by atoms with E-state index in [2.05, 4.69) is 0 Å². The first-order chi connectivity index (χ1) is 6.93. The lowest BCUT2D eigenvalue weighted by Crippen LogP contribution is -2.55. The minimum atomic E-state index is -3.12. The number of nitrogens with two attached hydrogens (primary N) is 1. The normalized spacial score (nSPS) is 29.3. The molecule has 0 radical (unpaired) electrons. The van der Waals surface area contributed by atoms with Crippen molar-refractivity contribution in [2.45, 2.75) is 25.9 Å². The number of hydrogen-bond donors (Lipinski definition) is 1. The number of hydrogen-bond acceptors (Lipinski definition) is 4. The van der Waals surface area contributed by atoms with E-state index in [9.17, 15) is 8.42 Å². The van der Waals surface area contributed by atoms with Crippen LogP contribution in [0.25, 0.3) is 0 Å². The van der Waals surface area contributed by atoms with Crippen LogP contribution in [0.4, 0.5) is 0 Å². The van der Waals surface area contributed by atoms with E-state index < -0.39 is 15.6 Å². The first kappa shape index (κ1) is 12.9. The van der Waals surface area contributed by atoms with Gasteiger partial charge in [0.2, 0.25) is 10.0 Å². The third-order valence-electron chi connectivity index (χ3n) is 2.59. The Morgan fingerprint density at radius 3 is 2.73 bits per heavy atom. The maximum Gasteiger partial charge on any atom is 0.214 e. The molecule has 0 spiro atoms. The summed E-state index contributed by atoms with van der Waals surface area (Å²) in [6, 6.07) is 0. The van der Waals surface area contributed by atoms with Crippen molar-refractivity contribution in [1.29, 1.82) is 0 Å². The maximum atomic E-state index is 11.8. The van der Waals surface area contributed by atoms with Crippen molar-refractivity contribution < 1.29 is 13.2 Å². The molecule has 6 heteroatoms.